The molecule has 2 aromatic heterocycles. The number of carbonyl (C=O) groups excluding carboxylic acids is 1. The Bertz CT molecular complexity index is 1130. The Labute approximate surface area is 174 Å². The third-order valence-electron chi connectivity index (χ3n) is 4.85. The predicted octanol–water partition coefficient (Wildman–Crippen LogP) is 4.62. The standard InChI is InChI=1S/C24H21FN4O/c1-17(19-9-11-21(25)12-10-19)27-24(30)22-16-29(15-18-6-3-2-4-7-18)28-23(22)20-8-5-13-26-14-20/h2-14,16-17H,15H2,1H3,(H,27,30). The lowest BCUT2D eigenvalue weighted by Crippen LogP contribution is -2.26. The molecule has 0 saturated carbocycles. The van der Waals surface area contributed by atoms with Crippen LogP contribution in [0.15, 0.2) is 85.3 Å². The van der Waals surface area contributed by atoms with Crippen molar-refractivity contribution < 1.29 is 9.18 Å². The van der Waals surface area contributed by atoms with Crippen LogP contribution in [0.1, 0.15) is 34.5 Å². The fourth-order valence-corrected chi connectivity index (χ4v) is 3.26. The smallest absolute Gasteiger partial charge is 0.255 e. The summed E-state index contributed by atoms with van der Waals surface area (Å²) >= 11 is 0. The quantitative estimate of drug-likeness (QED) is 0.514. The molecule has 0 bridgehead atoms. The Kier molecular flexibility index (Phi) is 5.66. The van der Waals surface area contributed by atoms with Crippen LogP contribution in [-0.4, -0.2) is 20.7 Å². The summed E-state index contributed by atoms with van der Waals surface area (Å²) in [7, 11) is 0. The second-order valence-electron chi connectivity index (χ2n) is 7.06. The van der Waals surface area contributed by atoms with Gasteiger partial charge in [-0.1, -0.05) is 42.5 Å². The minimum absolute atomic E-state index is 0.245. The van der Waals surface area contributed by atoms with Crippen molar-refractivity contribution in [2.24, 2.45) is 0 Å². The molecule has 0 fully saturated rings. The van der Waals surface area contributed by atoms with Crippen LogP contribution in [-0.2, 0) is 6.54 Å². The summed E-state index contributed by atoms with van der Waals surface area (Å²) in [6.07, 6.45) is 5.12. The second kappa shape index (κ2) is 8.69. The maximum absolute atomic E-state index is 13.2. The molecule has 1 atom stereocenters. The van der Waals surface area contributed by atoms with E-state index in [1.807, 2.05) is 49.4 Å². The minimum atomic E-state index is -0.307. The maximum atomic E-state index is 13.2. The monoisotopic (exact) mass is 400 g/mol. The van der Waals surface area contributed by atoms with Gasteiger partial charge in [0.2, 0.25) is 0 Å². The molecule has 150 valence electrons. The molecule has 0 aliphatic carbocycles. The van der Waals surface area contributed by atoms with E-state index in [-0.39, 0.29) is 17.8 Å². The molecule has 2 aromatic carbocycles. The molecule has 1 N–H and O–H groups in total. The third-order valence-corrected chi connectivity index (χ3v) is 4.85. The molecule has 5 nitrogen and oxygen atoms in total. The van der Waals surface area contributed by atoms with Crippen molar-refractivity contribution in [3.63, 3.8) is 0 Å². The number of pyridine rings is 1. The van der Waals surface area contributed by atoms with Gasteiger partial charge in [-0.05, 0) is 42.3 Å². The number of benzene rings is 2. The van der Waals surface area contributed by atoms with Gasteiger partial charge in [0, 0.05) is 24.2 Å². The average Bonchev–Trinajstić information content (AvgIpc) is 3.19. The molecule has 0 saturated heterocycles. The highest BCUT2D eigenvalue weighted by Gasteiger charge is 2.20. The Hall–Kier alpha value is -3.80. The number of carbonyl (C=O) groups is 1. The first-order chi connectivity index (χ1) is 14.6. The van der Waals surface area contributed by atoms with E-state index in [4.69, 9.17) is 0 Å². The lowest BCUT2D eigenvalue weighted by molar-refractivity contribution is 0.0940. The molecule has 0 radical (unpaired) electrons. The van der Waals surface area contributed by atoms with Gasteiger partial charge in [-0.15, -0.1) is 0 Å². The fourth-order valence-electron chi connectivity index (χ4n) is 3.26. The number of halogens is 1. The molecule has 0 spiro atoms. The van der Waals surface area contributed by atoms with Crippen molar-refractivity contribution in [3.05, 3.63) is 108 Å². The van der Waals surface area contributed by atoms with Gasteiger partial charge in [-0.3, -0.25) is 14.5 Å². The zero-order chi connectivity index (χ0) is 20.9. The molecule has 0 aliphatic rings. The maximum Gasteiger partial charge on any atom is 0.255 e. The zero-order valence-electron chi connectivity index (χ0n) is 16.5. The Morgan fingerprint density at radius 1 is 1.07 bits per heavy atom. The summed E-state index contributed by atoms with van der Waals surface area (Å²) in [5.41, 5.74) is 3.72. The number of hydrogen-bond acceptors (Lipinski definition) is 3. The molecule has 1 unspecified atom stereocenters. The van der Waals surface area contributed by atoms with Gasteiger partial charge in [0.1, 0.15) is 11.5 Å². The lowest BCUT2D eigenvalue weighted by Gasteiger charge is -2.14. The van der Waals surface area contributed by atoms with Crippen LogP contribution in [0.5, 0.6) is 0 Å². The number of aromatic nitrogens is 3. The molecule has 6 heteroatoms. The van der Waals surface area contributed by atoms with Crippen molar-refractivity contribution in [1.82, 2.24) is 20.1 Å². The first-order valence-corrected chi connectivity index (χ1v) is 9.68. The third kappa shape index (κ3) is 4.43. The number of amides is 1. The number of hydrogen-bond donors (Lipinski definition) is 1. The first kappa shape index (κ1) is 19.5. The van der Waals surface area contributed by atoms with Crippen LogP contribution in [0.25, 0.3) is 11.3 Å². The van der Waals surface area contributed by atoms with Gasteiger partial charge < -0.3 is 5.32 Å². The zero-order valence-corrected chi connectivity index (χ0v) is 16.5. The number of rotatable bonds is 6. The lowest BCUT2D eigenvalue weighted by atomic mass is 10.1. The number of nitrogens with zero attached hydrogens (tertiary/aromatic N) is 3. The van der Waals surface area contributed by atoms with Gasteiger partial charge in [0.15, 0.2) is 0 Å². The highest BCUT2D eigenvalue weighted by Crippen LogP contribution is 2.23. The van der Waals surface area contributed by atoms with E-state index in [1.54, 1.807) is 35.4 Å². The summed E-state index contributed by atoms with van der Waals surface area (Å²) in [5, 5.41) is 7.64. The predicted molar refractivity (Wildman–Crippen MR) is 113 cm³/mol. The van der Waals surface area contributed by atoms with Crippen LogP contribution in [0.3, 0.4) is 0 Å². The Balaban J connectivity index is 1.63. The van der Waals surface area contributed by atoms with Gasteiger partial charge >= 0.3 is 0 Å². The normalized spacial score (nSPS) is 11.8. The van der Waals surface area contributed by atoms with E-state index in [9.17, 15) is 9.18 Å². The molecular weight excluding hydrogens is 379 g/mol. The molecule has 0 aliphatic heterocycles. The number of nitrogens with one attached hydrogen (secondary N) is 1. The van der Waals surface area contributed by atoms with E-state index in [0.717, 1.165) is 16.7 Å². The van der Waals surface area contributed by atoms with Crippen molar-refractivity contribution in [1.29, 1.82) is 0 Å². The topological polar surface area (TPSA) is 59.8 Å². The summed E-state index contributed by atoms with van der Waals surface area (Å²) in [6.45, 7) is 2.41. The SMILES string of the molecule is CC(NC(=O)c1cn(Cc2ccccc2)nc1-c1cccnc1)c1ccc(F)cc1. The molecular formula is C24H21FN4O. The van der Waals surface area contributed by atoms with E-state index in [2.05, 4.69) is 15.4 Å². The van der Waals surface area contributed by atoms with Gasteiger partial charge in [0.25, 0.3) is 5.91 Å². The van der Waals surface area contributed by atoms with Crippen molar-refractivity contribution in [2.45, 2.75) is 19.5 Å². The minimum Gasteiger partial charge on any atom is -0.345 e. The second-order valence-corrected chi connectivity index (χ2v) is 7.06. The van der Waals surface area contributed by atoms with E-state index >= 15 is 0 Å². The van der Waals surface area contributed by atoms with E-state index in [0.29, 0.717) is 17.8 Å². The highest BCUT2D eigenvalue weighted by atomic mass is 19.1. The van der Waals surface area contributed by atoms with Crippen LogP contribution >= 0.6 is 0 Å². The average molecular weight is 400 g/mol. The summed E-state index contributed by atoms with van der Waals surface area (Å²) in [5.74, 6) is -0.552. The Morgan fingerprint density at radius 3 is 2.53 bits per heavy atom. The van der Waals surface area contributed by atoms with Crippen LogP contribution < -0.4 is 5.32 Å². The molecule has 4 rings (SSSR count). The summed E-state index contributed by atoms with van der Waals surface area (Å²) in [6, 6.07) is 19.5. The van der Waals surface area contributed by atoms with Gasteiger partial charge in [0.05, 0.1) is 18.2 Å². The largest absolute Gasteiger partial charge is 0.345 e. The van der Waals surface area contributed by atoms with Crippen molar-refractivity contribution in [3.8, 4) is 11.3 Å². The van der Waals surface area contributed by atoms with Gasteiger partial charge in [-0.25, -0.2) is 4.39 Å². The van der Waals surface area contributed by atoms with Crippen molar-refractivity contribution >= 4 is 5.91 Å². The van der Waals surface area contributed by atoms with E-state index in [1.165, 1.54) is 12.1 Å². The van der Waals surface area contributed by atoms with Crippen molar-refractivity contribution in [2.75, 3.05) is 0 Å². The summed E-state index contributed by atoms with van der Waals surface area (Å²) in [4.78, 5) is 17.3. The first-order valence-electron chi connectivity index (χ1n) is 9.68. The van der Waals surface area contributed by atoms with E-state index < -0.39 is 0 Å². The molecule has 1 amide bonds. The van der Waals surface area contributed by atoms with Crippen LogP contribution in [0.2, 0.25) is 0 Å². The summed E-state index contributed by atoms with van der Waals surface area (Å²) < 4.78 is 15.0. The van der Waals surface area contributed by atoms with Crippen LogP contribution in [0, 0.1) is 5.82 Å². The van der Waals surface area contributed by atoms with Gasteiger partial charge in [-0.2, -0.15) is 5.10 Å². The molecule has 30 heavy (non-hydrogen) atoms. The fraction of sp³-hybridized carbons (Fsp3) is 0.125. The molecule has 2 heterocycles. The Morgan fingerprint density at radius 2 is 1.83 bits per heavy atom. The van der Waals surface area contributed by atoms with Crippen LogP contribution in [0.4, 0.5) is 4.39 Å². The highest BCUT2D eigenvalue weighted by molar-refractivity contribution is 5.99. The molecule has 4 aromatic rings.